The molecule has 2 aromatic rings. The van der Waals surface area contributed by atoms with E-state index in [0.29, 0.717) is 24.5 Å². The van der Waals surface area contributed by atoms with E-state index >= 15 is 0 Å². The van der Waals surface area contributed by atoms with Gasteiger partial charge in [0.05, 0.1) is 24.0 Å². The first kappa shape index (κ1) is 18.9. The molecule has 2 aromatic carbocycles. The highest BCUT2D eigenvalue weighted by Gasteiger charge is 2.09. The third kappa shape index (κ3) is 6.17. The predicted molar refractivity (Wildman–Crippen MR) is 101 cm³/mol. The van der Waals surface area contributed by atoms with Gasteiger partial charge in [0.25, 0.3) is 0 Å². The van der Waals surface area contributed by atoms with Gasteiger partial charge in [0.15, 0.2) is 0 Å². The average molecular weight is 354 g/mol. The average Bonchev–Trinajstić information content (AvgIpc) is 2.64. The normalized spacial score (nSPS) is 10.1. The summed E-state index contributed by atoms with van der Waals surface area (Å²) in [7, 11) is 1.82. The molecule has 0 fully saturated rings. The summed E-state index contributed by atoms with van der Waals surface area (Å²) in [6.45, 7) is 3.19. The number of amides is 1. The zero-order chi connectivity index (χ0) is 18.1. The van der Waals surface area contributed by atoms with Crippen molar-refractivity contribution in [2.45, 2.75) is 19.2 Å². The second kappa shape index (κ2) is 9.75. The third-order valence-electron chi connectivity index (χ3n) is 3.66. The topological polar surface area (TPSA) is 53.3 Å². The summed E-state index contributed by atoms with van der Waals surface area (Å²) in [5.41, 5.74) is 2.85. The molecular formula is C20H22N2O2S. The van der Waals surface area contributed by atoms with Crippen molar-refractivity contribution in [2.75, 3.05) is 19.4 Å². The molecule has 0 aliphatic rings. The fourth-order valence-corrected chi connectivity index (χ4v) is 3.19. The summed E-state index contributed by atoms with van der Waals surface area (Å²) in [5.74, 6) is 2.15. The van der Waals surface area contributed by atoms with E-state index in [-0.39, 0.29) is 5.91 Å². The van der Waals surface area contributed by atoms with Crippen LogP contribution in [0.4, 0.5) is 0 Å². The van der Waals surface area contributed by atoms with Crippen LogP contribution in [0.5, 0.6) is 5.75 Å². The molecular weight excluding hydrogens is 332 g/mol. The van der Waals surface area contributed by atoms with Crippen LogP contribution in [0.3, 0.4) is 0 Å². The van der Waals surface area contributed by atoms with Gasteiger partial charge in [0.1, 0.15) is 5.75 Å². The van der Waals surface area contributed by atoms with Crippen LogP contribution >= 0.6 is 11.8 Å². The molecule has 0 aliphatic carbocycles. The van der Waals surface area contributed by atoms with E-state index in [9.17, 15) is 4.79 Å². The fraction of sp³-hybridized carbons (Fsp3) is 0.300. The van der Waals surface area contributed by atoms with Gasteiger partial charge < -0.3 is 9.64 Å². The monoisotopic (exact) mass is 354 g/mol. The Morgan fingerprint density at radius 3 is 2.36 bits per heavy atom. The number of carbonyl (C=O) groups is 1. The molecule has 0 saturated heterocycles. The highest BCUT2D eigenvalue weighted by Crippen LogP contribution is 2.16. The highest BCUT2D eigenvalue weighted by atomic mass is 32.2. The zero-order valence-electron chi connectivity index (χ0n) is 14.6. The molecule has 0 aromatic heterocycles. The van der Waals surface area contributed by atoms with Gasteiger partial charge in [-0.2, -0.15) is 5.26 Å². The first-order chi connectivity index (χ1) is 12.1. The summed E-state index contributed by atoms with van der Waals surface area (Å²) in [6.07, 6.45) is 0. The van der Waals surface area contributed by atoms with Crippen LogP contribution in [0.25, 0.3) is 0 Å². The molecule has 0 radical (unpaired) electrons. The van der Waals surface area contributed by atoms with Gasteiger partial charge in [-0.25, -0.2) is 0 Å². The molecule has 2 rings (SSSR count). The Morgan fingerprint density at radius 1 is 1.12 bits per heavy atom. The first-order valence-electron chi connectivity index (χ1n) is 8.15. The molecule has 0 heterocycles. The molecule has 0 unspecified atom stereocenters. The van der Waals surface area contributed by atoms with Crippen LogP contribution in [0, 0.1) is 11.3 Å². The molecule has 0 N–H and O–H groups in total. The Balaban J connectivity index is 1.76. The van der Waals surface area contributed by atoms with Crippen molar-refractivity contribution >= 4 is 17.7 Å². The van der Waals surface area contributed by atoms with E-state index in [2.05, 4.69) is 6.07 Å². The summed E-state index contributed by atoms with van der Waals surface area (Å²) in [6, 6.07) is 17.4. The number of rotatable bonds is 8. The van der Waals surface area contributed by atoms with E-state index in [4.69, 9.17) is 10.00 Å². The smallest absolute Gasteiger partial charge is 0.232 e. The van der Waals surface area contributed by atoms with Gasteiger partial charge in [0, 0.05) is 19.3 Å². The van der Waals surface area contributed by atoms with Crippen LogP contribution in [-0.2, 0) is 17.1 Å². The van der Waals surface area contributed by atoms with Crippen molar-refractivity contribution in [3.8, 4) is 11.8 Å². The van der Waals surface area contributed by atoms with Crippen molar-refractivity contribution in [3.05, 3.63) is 65.2 Å². The number of ether oxygens (including phenoxy) is 1. The molecule has 0 spiro atoms. The molecule has 0 saturated carbocycles. The van der Waals surface area contributed by atoms with Crippen molar-refractivity contribution in [1.29, 1.82) is 5.26 Å². The van der Waals surface area contributed by atoms with E-state index in [1.165, 1.54) is 0 Å². The third-order valence-corrected chi connectivity index (χ3v) is 4.65. The van der Waals surface area contributed by atoms with Crippen LogP contribution < -0.4 is 4.74 Å². The van der Waals surface area contributed by atoms with Gasteiger partial charge in [-0.3, -0.25) is 4.79 Å². The maximum absolute atomic E-state index is 12.2. The van der Waals surface area contributed by atoms with Crippen LogP contribution in [0.2, 0.25) is 0 Å². The molecule has 25 heavy (non-hydrogen) atoms. The van der Waals surface area contributed by atoms with Crippen LogP contribution in [0.15, 0.2) is 48.5 Å². The van der Waals surface area contributed by atoms with Gasteiger partial charge >= 0.3 is 0 Å². The first-order valence-corrected chi connectivity index (χ1v) is 9.30. The van der Waals surface area contributed by atoms with Crippen LogP contribution in [-0.4, -0.2) is 30.2 Å². The lowest BCUT2D eigenvalue weighted by atomic mass is 10.2. The molecule has 5 heteroatoms. The second-order valence-electron chi connectivity index (χ2n) is 5.63. The van der Waals surface area contributed by atoms with Crippen molar-refractivity contribution in [3.63, 3.8) is 0 Å². The van der Waals surface area contributed by atoms with E-state index < -0.39 is 0 Å². The van der Waals surface area contributed by atoms with Gasteiger partial charge in [-0.1, -0.05) is 24.3 Å². The Morgan fingerprint density at radius 2 is 1.76 bits per heavy atom. The number of nitriles is 1. The van der Waals surface area contributed by atoms with E-state index in [1.54, 1.807) is 28.8 Å². The number of carbonyl (C=O) groups excluding carboxylic acids is 1. The summed E-state index contributed by atoms with van der Waals surface area (Å²) < 4.78 is 5.42. The zero-order valence-corrected chi connectivity index (χ0v) is 15.4. The summed E-state index contributed by atoms with van der Waals surface area (Å²) in [4.78, 5) is 14.0. The highest BCUT2D eigenvalue weighted by molar-refractivity contribution is 7.99. The molecule has 0 atom stereocenters. The largest absolute Gasteiger partial charge is 0.494 e. The Hall–Kier alpha value is -2.45. The Kier molecular flexibility index (Phi) is 7.36. The maximum Gasteiger partial charge on any atom is 0.232 e. The lowest BCUT2D eigenvalue weighted by Crippen LogP contribution is -2.27. The summed E-state index contributed by atoms with van der Waals surface area (Å²) in [5, 5.41) is 8.79. The quantitative estimate of drug-likeness (QED) is 0.722. The standard InChI is InChI=1S/C20H22N2O2S/c1-3-24-19-10-8-17(9-11-19)13-22(2)20(23)15-25-14-18-6-4-16(12-21)5-7-18/h4-11H,3,13-15H2,1-2H3. The molecule has 1 amide bonds. The van der Waals surface area contributed by atoms with Crippen molar-refractivity contribution in [1.82, 2.24) is 4.90 Å². The van der Waals surface area contributed by atoms with Crippen molar-refractivity contribution < 1.29 is 9.53 Å². The minimum Gasteiger partial charge on any atom is -0.494 e. The molecule has 130 valence electrons. The van der Waals surface area contributed by atoms with Gasteiger partial charge in [-0.15, -0.1) is 11.8 Å². The van der Waals surface area contributed by atoms with E-state index in [1.807, 2.05) is 50.4 Å². The number of nitrogens with zero attached hydrogens (tertiary/aromatic N) is 2. The predicted octanol–water partition coefficient (Wildman–Crippen LogP) is 3.85. The number of hydrogen-bond donors (Lipinski definition) is 0. The minimum absolute atomic E-state index is 0.104. The number of hydrogen-bond acceptors (Lipinski definition) is 4. The number of benzene rings is 2. The lowest BCUT2D eigenvalue weighted by Gasteiger charge is -2.17. The molecule has 0 aliphatic heterocycles. The Bertz CT molecular complexity index is 721. The lowest BCUT2D eigenvalue weighted by molar-refractivity contribution is -0.127. The second-order valence-corrected chi connectivity index (χ2v) is 6.61. The van der Waals surface area contributed by atoms with E-state index in [0.717, 1.165) is 22.6 Å². The minimum atomic E-state index is 0.104. The maximum atomic E-state index is 12.2. The Labute approximate surface area is 153 Å². The van der Waals surface area contributed by atoms with Crippen molar-refractivity contribution in [2.24, 2.45) is 0 Å². The van der Waals surface area contributed by atoms with Crippen LogP contribution in [0.1, 0.15) is 23.6 Å². The number of thioether (sulfide) groups is 1. The molecule has 0 bridgehead atoms. The van der Waals surface area contributed by atoms with Gasteiger partial charge in [0.2, 0.25) is 5.91 Å². The SMILES string of the molecule is CCOc1ccc(CN(C)C(=O)CSCc2ccc(C#N)cc2)cc1. The fourth-order valence-electron chi connectivity index (χ4n) is 2.26. The summed E-state index contributed by atoms with van der Waals surface area (Å²) >= 11 is 1.58. The van der Waals surface area contributed by atoms with Gasteiger partial charge in [-0.05, 0) is 42.3 Å². The molecule has 4 nitrogen and oxygen atoms in total.